The summed E-state index contributed by atoms with van der Waals surface area (Å²) in [7, 11) is 0. The number of amidine groups is 1. The lowest BCUT2D eigenvalue weighted by Crippen LogP contribution is -2.25. The van der Waals surface area contributed by atoms with Gasteiger partial charge in [-0.15, -0.1) is 0 Å². The minimum atomic E-state index is 0.0144. The normalized spacial score (nSPS) is 10.7. The SMILES string of the molecule is CCN(Cc1ccncc1)Cc1cccnc1C(=N)N. The van der Waals surface area contributed by atoms with Gasteiger partial charge in [0.1, 0.15) is 11.5 Å². The Morgan fingerprint density at radius 1 is 1.20 bits per heavy atom. The summed E-state index contributed by atoms with van der Waals surface area (Å²) in [4.78, 5) is 10.5. The summed E-state index contributed by atoms with van der Waals surface area (Å²) in [6.45, 7) is 4.59. The van der Waals surface area contributed by atoms with Gasteiger partial charge < -0.3 is 5.73 Å². The predicted molar refractivity (Wildman–Crippen MR) is 79.3 cm³/mol. The van der Waals surface area contributed by atoms with Gasteiger partial charge >= 0.3 is 0 Å². The fourth-order valence-corrected chi connectivity index (χ4v) is 2.08. The number of hydrogen-bond acceptors (Lipinski definition) is 4. The van der Waals surface area contributed by atoms with Crippen molar-refractivity contribution >= 4 is 5.84 Å². The van der Waals surface area contributed by atoms with Crippen molar-refractivity contribution in [3.8, 4) is 0 Å². The highest BCUT2D eigenvalue weighted by molar-refractivity contribution is 5.94. The fourth-order valence-electron chi connectivity index (χ4n) is 2.08. The summed E-state index contributed by atoms with van der Waals surface area (Å²) in [5.41, 5.74) is 8.35. The van der Waals surface area contributed by atoms with Gasteiger partial charge in [-0.05, 0) is 35.9 Å². The standard InChI is InChI=1S/C15H19N5/c1-2-20(10-12-5-8-18-9-6-12)11-13-4-3-7-19-14(13)15(16)17/h3-9H,2,10-11H2,1H3,(H3,16,17). The van der Waals surface area contributed by atoms with Crippen molar-refractivity contribution < 1.29 is 0 Å². The van der Waals surface area contributed by atoms with Crippen LogP contribution in [0.2, 0.25) is 0 Å². The van der Waals surface area contributed by atoms with Gasteiger partial charge in [-0.25, -0.2) is 0 Å². The predicted octanol–water partition coefficient (Wildman–Crippen LogP) is 1.78. The van der Waals surface area contributed by atoms with Crippen LogP contribution < -0.4 is 5.73 Å². The molecule has 2 rings (SSSR count). The Morgan fingerprint density at radius 2 is 1.95 bits per heavy atom. The first-order valence-corrected chi connectivity index (χ1v) is 6.60. The van der Waals surface area contributed by atoms with Crippen molar-refractivity contribution in [3.63, 3.8) is 0 Å². The van der Waals surface area contributed by atoms with E-state index in [4.69, 9.17) is 11.1 Å². The molecule has 0 atom stereocenters. The Kier molecular flexibility index (Phi) is 4.79. The van der Waals surface area contributed by atoms with E-state index < -0.39 is 0 Å². The van der Waals surface area contributed by atoms with Crippen LogP contribution in [0, 0.1) is 5.41 Å². The quantitative estimate of drug-likeness (QED) is 0.619. The average Bonchev–Trinajstić information content (AvgIpc) is 2.48. The van der Waals surface area contributed by atoms with E-state index in [0.717, 1.165) is 25.2 Å². The zero-order chi connectivity index (χ0) is 14.4. The number of hydrogen-bond donors (Lipinski definition) is 2. The minimum Gasteiger partial charge on any atom is -0.382 e. The number of nitrogens with one attached hydrogen (secondary N) is 1. The van der Waals surface area contributed by atoms with Gasteiger partial charge in [-0.1, -0.05) is 13.0 Å². The summed E-state index contributed by atoms with van der Waals surface area (Å²) < 4.78 is 0. The van der Waals surface area contributed by atoms with Gasteiger partial charge in [0, 0.05) is 31.7 Å². The van der Waals surface area contributed by atoms with Crippen LogP contribution in [0.15, 0.2) is 42.9 Å². The molecule has 0 saturated heterocycles. The Balaban J connectivity index is 2.13. The monoisotopic (exact) mass is 269 g/mol. The molecule has 0 aliphatic carbocycles. The van der Waals surface area contributed by atoms with Crippen LogP contribution in [0.25, 0.3) is 0 Å². The Bertz CT molecular complexity index is 567. The van der Waals surface area contributed by atoms with Gasteiger partial charge in [-0.3, -0.25) is 20.3 Å². The highest BCUT2D eigenvalue weighted by Crippen LogP contribution is 2.11. The molecule has 0 aliphatic rings. The fraction of sp³-hybridized carbons (Fsp3) is 0.267. The molecule has 2 heterocycles. The summed E-state index contributed by atoms with van der Waals surface area (Å²) in [5, 5.41) is 7.59. The van der Waals surface area contributed by atoms with E-state index in [9.17, 15) is 0 Å². The van der Waals surface area contributed by atoms with Gasteiger partial charge in [-0.2, -0.15) is 0 Å². The van der Waals surface area contributed by atoms with Crippen molar-refractivity contribution in [2.75, 3.05) is 6.54 Å². The molecule has 0 aromatic carbocycles. The maximum atomic E-state index is 7.59. The van der Waals surface area contributed by atoms with Gasteiger partial charge in [0.2, 0.25) is 0 Å². The lowest BCUT2D eigenvalue weighted by molar-refractivity contribution is 0.271. The zero-order valence-corrected chi connectivity index (χ0v) is 11.6. The maximum absolute atomic E-state index is 7.59. The molecule has 0 saturated carbocycles. The summed E-state index contributed by atoms with van der Waals surface area (Å²) in [6, 6.07) is 7.87. The lowest BCUT2D eigenvalue weighted by atomic mass is 10.1. The summed E-state index contributed by atoms with van der Waals surface area (Å²) in [5.74, 6) is 0.0144. The third-order valence-electron chi connectivity index (χ3n) is 3.14. The third kappa shape index (κ3) is 3.61. The van der Waals surface area contributed by atoms with Crippen molar-refractivity contribution in [1.29, 1.82) is 5.41 Å². The molecular formula is C15H19N5. The van der Waals surface area contributed by atoms with Gasteiger partial charge in [0.05, 0.1) is 0 Å². The smallest absolute Gasteiger partial charge is 0.142 e. The second-order valence-electron chi connectivity index (χ2n) is 4.58. The molecule has 0 unspecified atom stereocenters. The molecule has 2 aromatic heterocycles. The van der Waals surface area contributed by atoms with Crippen LogP contribution in [-0.2, 0) is 13.1 Å². The first kappa shape index (κ1) is 14.1. The van der Waals surface area contributed by atoms with E-state index in [0.29, 0.717) is 5.69 Å². The van der Waals surface area contributed by atoms with Gasteiger partial charge in [0.15, 0.2) is 0 Å². The lowest BCUT2D eigenvalue weighted by Gasteiger charge is -2.21. The second-order valence-corrected chi connectivity index (χ2v) is 4.58. The van der Waals surface area contributed by atoms with E-state index in [2.05, 4.69) is 21.8 Å². The van der Waals surface area contributed by atoms with E-state index >= 15 is 0 Å². The highest BCUT2D eigenvalue weighted by atomic mass is 15.1. The van der Waals surface area contributed by atoms with Crippen LogP contribution in [0.4, 0.5) is 0 Å². The number of rotatable bonds is 6. The third-order valence-corrected chi connectivity index (χ3v) is 3.14. The Labute approximate surface area is 119 Å². The van der Waals surface area contributed by atoms with Crippen LogP contribution in [0.5, 0.6) is 0 Å². The molecule has 20 heavy (non-hydrogen) atoms. The van der Waals surface area contributed by atoms with Gasteiger partial charge in [0.25, 0.3) is 0 Å². The number of nitrogen functional groups attached to an aromatic ring is 1. The number of pyridine rings is 2. The maximum Gasteiger partial charge on any atom is 0.142 e. The molecule has 0 amide bonds. The Hall–Kier alpha value is -2.27. The summed E-state index contributed by atoms with van der Waals surface area (Å²) >= 11 is 0. The molecule has 0 bridgehead atoms. The number of nitrogens with zero attached hydrogens (tertiary/aromatic N) is 3. The second kappa shape index (κ2) is 6.77. The van der Waals surface area contributed by atoms with Crippen molar-refractivity contribution in [2.24, 2.45) is 5.73 Å². The molecule has 2 aromatic rings. The van der Waals surface area contributed by atoms with Crippen LogP contribution in [0.1, 0.15) is 23.7 Å². The average molecular weight is 269 g/mol. The van der Waals surface area contributed by atoms with E-state index in [1.165, 1.54) is 5.56 Å². The number of aromatic nitrogens is 2. The van der Waals surface area contributed by atoms with Crippen molar-refractivity contribution in [2.45, 2.75) is 20.0 Å². The van der Waals surface area contributed by atoms with Crippen LogP contribution in [-0.4, -0.2) is 27.2 Å². The molecule has 0 spiro atoms. The molecule has 5 nitrogen and oxygen atoms in total. The molecule has 104 valence electrons. The highest BCUT2D eigenvalue weighted by Gasteiger charge is 2.10. The van der Waals surface area contributed by atoms with Crippen molar-refractivity contribution in [3.05, 3.63) is 59.7 Å². The molecular weight excluding hydrogens is 250 g/mol. The largest absolute Gasteiger partial charge is 0.382 e. The zero-order valence-electron chi connectivity index (χ0n) is 11.6. The molecule has 0 radical (unpaired) electrons. The topological polar surface area (TPSA) is 78.9 Å². The molecule has 0 aliphatic heterocycles. The molecule has 5 heteroatoms. The summed E-state index contributed by atoms with van der Waals surface area (Å²) in [6.07, 6.45) is 5.27. The van der Waals surface area contributed by atoms with Crippen LogP contribution in [0.3, 0.4) is 0 Å². The Morgan fingerprint density at radius 3 is 2.60 bits per heavy atom. The molecule has 0 fully saturated rings. The number of nitrogens with two attached hydrogens (primary N) is 1. The first-order chi connectivity index (χ1) is 9.70. The van der Waals surface area contributed by atoms with E-state index in [-0.39, 0.29) is 5.84 Å². The molecule has 3 N–H and O–H groups in total. The van der Waals surface area contributed by atoms with Crippen molar-refractivity contribution in [1.82, 2.24) is 14.9 Å². The van der Waals surface area contributed by atoms with E-state index in [1.54, 1.807) is 18.6 Å². The first-order valence-electron chi connectivity index (χ1n) is 6.60. The minimum absolute atomic E-state index is 0.0144. The van der Waals surface area contributed by atoms with Crippen LogP contribution >= 0.6 is 0 Å². The van der Waals surface area contributed by atoms with E-state index in [1.807, 2.05) is 24.3 Å².